The lowest BCUT2D eigenvalue weighted by Crippen LogP contribution is -2.41. The molecule has 1 aliphatic rings. The minimum absolute atomic E-state index is 0.0189. The van der Waals surface area contributed by atoms with E-state index in [9.17, 15) is 9.90 Å². The smallest absolute Gasteiger partial charge is 0.239 e. The van der Waals surface area contributed by atoms with Gasteiger partial charge in [0.25, 0.3) is 0 Å². The van der Waals surface area contributed by atoms with Gasteiger partial charge in [0.1, 0.15) is 0 Å². The van der Waals surface area contributed by atoms with Crippen molar-refractivity contribution in [1.29, 1.82) is 0 Å². The predicted octanol–water partition coefficient (Wildman–Crippen LogP) is -0.237. The zero-order chi connectivity index (χ0) is 12.3. The standard InChI is InChI=1S/C12H17N3O2/c1-15(8-9-3-2-4-13-6-9)12(17)11-5-10(16)7-14-11/h2-4,6,10-11,14,16H,5,7-8H2,1H3. The Labute approximate surface area is 100 Å². The van der Waals surface area contributed by atoms with E-state index in [4.69, 9.17) is 0 Å². The second-order valence-electron chi connectivity index (χ2n) is 4.41. The first-order valence-electron chi connectivity index (χ1n) is 5.72. The van der Waals surface area contributed by atoms with E-state index in [2.05, 4.69) is 10.3 Å². The van der Waals surface area contributed by atoms with Crippen LogP contribution < -0.4 is 5.32 Å². The van der Waals surface area contributed by atoms with Crippen LogP contribution >= 0.6 is 0 Å². The zero-order valence-electron chi connectivity index (χ0n) is 9.84. The van der Waals surface area contributed by atoms with Crippen LogP contribution in [-0.4, -0.2) is 46.6 Å². The number of nitrogens with one attached hydrogen (secondary N) is 1. The number of carbonyl (C=O) groups is 1. The number of β-amino-alcohol motifs (C(OH)–C–C–N with tert-alkyl or cyclic N) is 1. The number of likely N-dealkylation sites (N-methyl/N-ethyl adjacent to an activating group) is 1. The molecule has 1 amide bonds. The Morgan fingerprint density at radius 3 is 3.12 bits per heavy atom. The maximum atomic E-state index is 12.0. The van der Waals surface area contributed by atoms with Crippen LogP contribution in [0.2, 0.25) is 0 Å². The van der Waals surface area contributed by atoms with Crippen molar-refractivity contribution in [2.45, 2.75) is 25.1 Å². The van der Waals surface area contributed by atoms with Gasteiger partial charge >= 0.3 is 0 Å². The first kappa shape index (κ1) is 12.0. The van der Waals surface area contributed by atoms with Crippen molar-refractivity contribution in [3.8, 4) is 0 Å². The number of pyridine rings is 1. The maximum absolute atomic E-state index is 12.0. The Morgan fingerprint density at radius 1 is 1.71 bits per heavy atom. The molecule has 2 atom stereocenters. The highest BCUT2D eigenvalue weighted by atomic mass is 16.3. The molecule has 0 bridgehead atoms. The van der Waals surface area contributed by atoms with Gasteiger partial charge < -0.3 is 15.3 Å². The van der Waals surface area contributed by atoms with Crippen LogP contribution in [0.15, 0.2) is 24.5 Å². The lowest BCUT2D eigenvalue weighted by molar-refractivity contribution is -0.132. The van der Waals surface area contributed by atoms with Gasteiger partial charge in [0.15, 0.2) is 0 Å². The number of aromatic nitrogens is 1. The molecule has 1 fully saturated rings. The third-order valence-electron chi connectivity index (χ3n) is 2.92. The number of hydrogen-bond acceptors (Lipinski definition) is 4. The average molecular weight is 235 g/mol. The summed E-state index contributed by atoms with van der Waals surface area (Å²) in [4.78, 5) is 17.7. The van der Waals surface area contributed by atoms with Crippen LogP contribution in [0.3, 0.4) is 0 Å². The molecule has 1 aromatic heterocycles. The summed E-state index contributed by atoms with van der Waals surface area (Å²) >= 11 is 0. The lowest BCUT2D eigenvalue weighted by Gasteiger charge is -2.21. The summed E-state index contributed by atoms with van der Waals surface area (Å²) < 4.78 is 0. The summed E-state index contributed by atoms with van der Waals surface area (Å²) in [6.07, 6.45) is 3.55. The third kappa shape index (κ3) is 3.01. The fraction of sp³-hybridized carbons (Fsp3) is 0.500. The van der Waals surface area contributed by atoms with Crippen molar-refractivity contribution in [3.05, 3.63) is 30.1 Å². The Morgan fingerprint density at radius 2 is 2.53 bits per heavy atom. The summed E-state index contributed by atoms with van der Waals surface area (Å²) in [6.45, 7) is 1.04. The first-order valence-corrected chi connectivity index (χ1v) is 5.72. The first-order chi connectivity index (χ1) is 8.16. The van der Waals surface area contributed by atoms with Crippen molar-refractivity contribution < 1.29 is 9.90 Å². The van der Waals surface area contributed by atoms with Gasteiger partial charge in [-0.05, 0) is 18.1 Å². The van der Waals surface area contributed by atoms with Crippen LogP contribution in [0.25, 0.3) is 0 Å². The number of nitrogens with zero attached hydrogens (tertiary/aromatic N) is 2. The molecule has 2 rings (SSSR count). The van der Waals surface area contributed by atoms with E-state index in [-0.39, 0.29) is 11.9 Å². The highest BCUT2D eigenvalue weighted by Crippen LogP contribution is 2.10. The SMILES string of the molecule is CN(Cc1cccnc1)C(=O)C1CC(O)CN1. The molecule has 0 saturated carbocycles. The summed E-state index contributed by atoms with van der Waals surface area (Å²) in [5, 5.41) is 12.4. The van der Waals surface area contributed by atoms with E-state index in [1.807, 2.05) is 12.1 Å². The molecule has 0 aromatic carbocycles. The maximum Gasteiger partial charge on any atom is 0.239 e. The lowest BCUT2D eigenvalue weighted by atomic mass is 10.1. The van der Waals surface area contributed by atoms with E-state index in [1.165, 1.54) is 0 Å². The topological polar surface area (TPSA) is 65.5 Å². The van der Waals surface area contributed by atoms with Gasteiger partial charge in [-0.25, -0.2) is 0 Å². The number of carbonyl (C=O) groups excluding carboxylic acids is 1. The molecule has 0 aliphatic carbocycles. The molecule has 5 nitrogen and oxygen atoms in total. The molecule has 0 radical (unpaired) electrons. The number of aliphatic hydroxyl groups excluding tert-OH is 1. The zero-order valence-corrected chi connectivity index (χ0v) is 9.84. The number of rotatable bonds is 3. The predicted molar refractivity (Wildman–Crippen MR) is 63.1 cm³/mol. The van der Waals surface area contributed by atoms with Crippen LogP contribution in [0.1, 0.15) is 12.0 Å². The quantitative estimate of drug-likeness (QED) is 0.759. The van der Waals surface area contributed by atoms with E-state index in [1.54, 1.807) is 24.3 Å². The Hall–Kier alpha value is -1.46. The van der Waals surface area contributed by atoms with E-state index in [0.29, 0.717) is 19.5 Å². The van der Waals surface area contributed by atoms with Gasteiger partial charge in [0, 0.05) is 32.5 Å². The largest absolute Gasteiger partial charge is 0.392 e. The van der Waals surface area contributed by atoms with E-state index < -0.39 is 6.10 Å². The highest BCUT2D eigenvalue weighted by Gasteiger charge is 2.29. The van der Waals surface area contributed by atoms with Gasteiger partial charge in [-0.3, -0.25) is 9.78 Å². The minimum atomic E-state index is -0.407. The Balaban J connectivity index is 1.92. The molecule has 17 heavy (non-hydrogen) atoms. The van der Waals surface area contributed by atoms with E-state index >= 15 is 0 Å². The molecule has 2 N–H and O–H groups in total. The Bertz CT molecular complexity index is 383. The second-order valence-corrected chi connectivity index (χ2v) is 4.41. The fourth-order valence-corrected chi connectivity index (χ4v) is 2.01. The molecule has 1 saturated heterocycles. The number of aliphatic hydroxyl groups is 1. The average Bonchev–Trinajstić information content (AvgIpc) is 2.76. The normalized spacial score (nSPS) is 23.6. The molecular weight excluding hydrogens is 218 g/mol. The van der Waals surface area contributed by atoms with Crippen molar-refractivity contribution in [1.82, 2.24) is 15.2 Å². The molecule has 5 heteroatoms. The van der Waals surface area contributed by atoms with Crippen molar-refractivity contribution in [2.24, 2.45) is 0 Å². The second kappa shape index (κ2) is 5.25. The molecule has 2 heterocycles. The van der Waals surface area contributed by atoms with Gasteiger partial charge in [0.2, 0.25) is 5.91 Å². The molecule has 0 spiro atoms. The van der Waals surface area contributed by atoms with Gasteiger partial charge in [-0.1, -0.05) is 6.07 Å². The third-order valence-corrected chi connectivity index (χ3v) is 2.92. The molecule has 92 valence electrons. The van der Waals surface area contributed by atoms with Gasteiger partial charge in [0.05, 0.1) is 12.1 Å². The molecule has 1 aromatic rings. The van der Waals surface area contributed by atoms with Crippen molar-refractivity contribution in [2.75, 3.05) is 13.6 Å². The van der Waals surface area contributed by atoms with Crippen molar-refractivity contribution in [3.63, 3.8) is 0 Å². The minimum Gasteiger partial charge on any atom is -0.392 e. The molecular formula is C12H17N3O2. The van der Waals surface area contributed by atoms with Gasteiger partial charge in [-0.15, -0.1) is 0 Å². The Kier molecular flexibility index (Phi) is 3.71. The number of hydrogen-bond donors (Lipinski definition) is 2. The van der Waals surface area contributed by atoms with Crippen LogP contribution in [-0.2, 0) is 11.3 Å². The van der Waals surface area contributed by atoms with Crippen LogP contribution in [0.4, 0.5) is 0 Å². The summed E-state index contributed by atoms with van der Waals surface area (Å²) in [5.74, 6) is 0.0189. The van der Waals surface area contributed by atoms with Crippen LogP contribution in [0.5, 0.6) is 0 Å². The summed E-state index contributed by atoms with van der Waals surface area (Å²) in [6, 6.07) is 3.53. The number of amides is 1. The van der Waals surface area contributed by atoms with Crippen LogP contribution in [0, 0.1) is 0 Å². The monoisotopic (exact) mass is 235 g/mol. The fourth-order valence-electron chi connectivity index (χ4n) is 2.01. The summed E-state index contributed by atoms with van der Waals surface area (Å²) in [5.41, 5.74) is 1.00. The summed E-state index contributed by atoms with van der Waals surface area (Å²) in [7, 11) is 1.77. The van der Waals surface area contributed by atoms with Gasteiger partial charge in [-0.2, -0.15) is 0 Å². The van der Waals surface area contributed by atoms with E-state index in [0.717, 1.165) is 5.56 Å². The molecule has 2 unspecified atom stereocenters. The molecule has 1 aliphatic heterocycles. The van der Waals surface area contributed by atoms with Crippen molar-refractivity contribution >= 4 is 5.91 Å². The highest BCUT2D eigenvalue weighted by molar-refractivity contribution is 5.82.